The van der Waals surface area contributed by atoms with Gasteiger partial charge in [0, 0.05) is 38.0 Å². The molecular formula is C54H34N2. The van der Waals surface area contributed by atoms with Crippen LogP contribution in [0.2, 0.25) is 0 Å². The molecule has 0 aliphatic carbocycles. The van der Waals surface area contributed by atoms with Crippen LogP contribution in [0.25, 0.3) is 110 Å². The van der Waals surface area contributed by atoms with Crippen molar-refractivity contribution in [3.63, 3.8) is 0 Å². The molecule has 12 aromatic rings. The minimum absolute atomic E-state index is 1.16. The summed E-state index contributed by atoms with van der Waals surface area (Å²) in [5, 5.41) is 12.5. The summed E-state index contributed by atoms with van der Waals surface area (Å²) in [4.78, 5) is 0. The SMILES string of the molecule is c1ccc(-n2c3ccccc3c3ccc4c(c5ccccc5n4-c4c5ccccc5c(-c5ccc(-c6cccc7ccccc67)cc5)c5ccccc45)c32)cc1. The van der Waals surface area contributed by atoms with Crippen molar-refractivity contribution in [1.29, 1.82) is 0 Å². The first kappa shape index (κ1) is 31.0. The van der Waals surface area contributed by atoms with Crippen molar-refractivity contribution in [2.45, 2.75) is 0 Å². The Morgan fingerprint density at radius 2 is 0.821 bits per heavy atom. The lowest BCUT2D eigenvalue weighted by molar-refractivity contribution is 1.18. The molecule has 0 N–H and O–H groups in total. The summed E-state index contributed by atoms with van der Waals surface area (Å²) in [6.07, 6.45) is 0. The topological polar surface area (TPSA) is 9.86 Å². The molecule has 2 aromatic heterocycles. The predicted octanol–water partition coefficient (Wildman–Crippen LogP) is 14.7. The Morgan fingerprint density at radius 3 is 1.54 bits per heavy atom. The molecule has 0 bridgehead atoms. The van der Waals surface area contributed by atoms with Crippen molar-refractivity contribution >= 4 is 75.9 Å². The van der Waals surface area contributed by atoms with Gasteiger partial charge in [0.1, 0.15) is 0 Å². The minimum Gasteiger partial charge on any atom is -0.309 e. The standard InChI is InChI=1S/C54H34N2/c1-2-17-38(18-3-1)55-48-27-12-10-20-41(48)46-33-34-50-52(54(46)55)47-25-11-13-28-49(47)56(50)53-44-23-8-6-21-42(44)51(43-22-7-9-24-45(43)53)37-31-29-36(30-32-37)40-26-14-16-35-15-4-5-19-39(35)40/h1-34H. The fraction of sp³-hybridized carbons (Fsp3) is 0. The molecule has 260 valence electrons. The molecule has 0 spiro atoms. The first-order valence-electron chi connectivity index (χ1n) is 19.4. The van der Waals surface area contributed by atoms with Crippen LogP contribution in [0, 0.1) is 0 Å². The highest BCUT2D eigenvalue weighted by Crippen LogP contribution is 2.47. The third-order valence-corrected chi connectivity index (χ3v) is 11.9. The largest absolute Gasteiger partial charge is 0.309 e. The highest BCUT2D eigenvalue weighted by Gasteiger charge is 2.24. The maximum Gasteiger partial charge on any atom is 0.0641 e. The fourth-order valence-corrected chi connectivity index (χ4v) is 9.55. The first-order chi connectivity index (χ1) is 27.8. The molecule has 0 amide bonds. The Balaban J connectivity index is 1.16. The molecule has 2 heterocycles. The van der Waals surface area contributed by atoms with Crippen LogP contribution in [0.15, 0.2) is 206 Å². The minimum atomic E-state index is 1.16. The second-order valence-electron chi connectivity index (χ2n) is 14.8. The van der Waals surface area contributed by atoms with E-state index in [4.69, 9.17) is 0 Å². The van der Waals surface area contributed by atoms with E-state index in [0.29, 0.717) is 0 Å². The maximum absolute atomic E-state index is 2.54. The number of fused-ring (bicyclic) bond motifs is 10. The molecule has 0 atom stereocenters. The second-order valence-corrected chi connectivity index (χ2v) is 14.8. The van der Waals surface area contributed by atoms with Crippen molar-refractivity contribution < 1.29 is 0 Å². The number of nitrogens with zero attached hydrogens (tertiary/aromatic N) is 2. The summed E-state index contributed by atoms with van der Waals surface area (Å²) in [5.74, 6) is 0. The molecule has 56 heavy (non-hydrogen) atoms. The van der Waals surface area contributed by atoms with Gasteiger partial charge in [-0.2, -0.15) is 0 Å². The molecule has 0 aliphatic heterocycles. The van der Waals surface area contributed by atoms with Crippen molar-refractivity contribution in [3.8, 4) is 33.6 Å². The monoisotopic (exact) mass is 710 g/mol. The van der Waals surface area contributed by atoms with Gasteiger partial charge in [-0.1, -0.05) is 176 Å². The van der Waals surface area contributed by atoms with Gasteiger partial charge in [0.25, 0.3) is 0 Å². The van der Waals surface area contributed by atoms with Crippen molar-refractivity contribution in [3.05, 3.63) is 206 Å². The highest BCUT2D eigenvalue weighted by atomic mass is 15.0. The number of hydrogen-bond acceptors (Lipinski definition) is 0. The van der Waals surface area contributed by atoms with Crippen LogP contribution >= 0.6 is 0 Å². The van der Waals surface area contributed by atoms with E-state index in [9.17, 15) is 0 Å². The van der Waals surface area contributed by atoms with Gasteiger partial charge in [0.15, 0.2) is 0 Å². The molecule has 2 nitrogen and oxygen atoms in total. The number of para-hydroxylation sites is 3. The Labute approximate surface area is 323 Å². The number of benzene rings is 10. The van der Waals surface area contributed by atoms with Crippen molar-refractivity contribution in [1.82, 2.24) is 9.13 Å². The van der Waals surface area contributed by atoms with Gasteiger partial charge < -0.3 is 9.13 Å². The lowest BCUT2D eigenvalue weighted by Crippen LogP contribution is -1.99. The van der Waals surface area contributed by atoms with Gasteiger partial charge >= 0.3 is 0 Å². The second kappa shape index (κ2) is 12.0. The Morgan fingerprint density at radius 1 is 0.286 bits per heavy atom. The molecule has 0 aliphatic rings. The summed E-state index contributed by atoms with van der Waals surface area (Å²) in [5.41, 5.74) is 12.2. The summed E-state index contributed by atoms with van der Waals surface area (Å²) < 4.78 is 5.00. The zero-order valence-corrected chi connectivity index (χ0v) is 30.5. The summed E-state index contributed by atoms with van der Waals surface area (Å²) >= 11 is 0. The van der Waals surface area contributed by atoms with E-state index >= 15 is 0 Å². The van der Waals surface area contributed by atoms with E-state index in [1.54, 1.807) is 0 Å². The molecule has 0 saturated carbocycles. The average Bonchev–Trinajstić information content (AvgIpc) is 3.78. The van der Waals surface area contributed by atoms with Crippen LogP contribution in [-0.2, 0) is 0 Å². The van der Waals surface area contributed by atoms with Crippen LogP contribution in [0.3, 0.4) is 0 Å². The van der Waals surface area contributed by atoms with E-state index in [-0.39, 0.29) is 0 Å². The Kier molecular flexibility index (Phi) is 6.66. The van der Waals surface area contributed by atoms with Crippen molar-refractivity contribution in [2.24, 2.45) is 0 Å². The molecule has 0 unspecified atom stereocenters. The number of aromatic nitrogens is 2. The van der Waals surface area contributed by atoms with Crippen LogP contribution in [0.1, 0.15) is 0 Å². The lowest BCUT2D eigenvalue weighted by Gasteiger charge is -2.20. The third kappa shape index (κ3) is 4.38. The summed E-state index contributed by atoms with van der Waals surface area (Å²) in [6.45, 7) is 0. The maximum atomic E-state index is 2.54. The Bertz CT molecular complexity index is 3450. The van der Waals surface area contributed by atoms with Gasteiger partial charge in [-0.25, -0.2) is 0 Å². The molecular weight excluding hydrogens is 677 g/mol. The summed E-state index contributed by atoms with van der Waals surface area (Å²) in [6, 6.07) is 75.7. The molecule has 12 rings (SSSR count). The zero-order chi connectivity index (χ0) is 36.7. The molecule has 0 fully saturated rings. The van der Waals surface area contributed by atoms with Gasteiger partial charge in [0.05, 0.1) is 27.8 Å². The van der Waals surface area contributed by atoms with Gasteiger partial charge in [-0.15, -0.1) is 0 Å². The Hall–Kier alpha value is -7.42. The van der Waals surface area contributed by atoms with E-state index in [1.807, 2.05) is 0 Å². The molecule has 2 heteroatoms. The smallest absolute Gasteiger partial charge is 0.0641 e. The van der Waals surface area contributed by atoms with E-state index in [1.165, 1.54) is 104 Å². The third-order valence-electron chi connectivity index (χ3n) is 11.9. The fourth-order valence-electron chi connectivity index (χ4n) is 9.55. The summed E-state index contributed by atoms with van der Waals surface area (Å²) in [7, 11) is 0. The highest BCUT2D eigenvalue weighted by molar-refractivity contribution is 6.28. The van der Waals surface area contributed by atoms with Crippen LogP contribution in [0.4, 0.5) is 0 Å². The van der Waals surface area contributed by atoms with E-state index in [2.05, 4.69) is 215 Å². The number of hydrogen-bond donors (Lipinski definition) is 0. The van der Waals surface area contributed by atoms with Crippen LogP contribution in [0.5, 0.6) is 0 Å². The average molecular weight is 711 g/mol. The normalized spacial score (nSPS) is 11.9. The van der Waals surface area contributed by atoms with E-state index < -0.39 is 0 Å². The molecule has 10 aromatic carbocycles. The van der Waals surface area contributed by atoms with Gasteiger partial charge in [-0.05, 0) is 74.1 Å². The van der Waals surface area contributed by atoms with Crippen LogP contribution in [-0.4, -0.2) is 9.13 Å². The molecule has 0 radical (unpaired) electrons. The van der Waals surface area contributed by atoms with Gasteiger partial charge in [-0.3, -0.25) is 0 Å². The van der Waals surface area contributed by atoms with Crippen molar-refractivity contribution in [2.75, 3.05) is 0 Å². The zero-order valence-electron chi connectivity index (χ0n) is 30.5. The lowest BCUT2D eigenvalue weighted by atomic mass is 9.89. The predicted molar refractivity (Wildman–Crippen MR) is 239 cm³/mol. The van der Waals surface area contributed by atoms with Crippen LogP contribution < -0.4 is 0 Å². The first-order valence-corrected chi connectivity index (χ1v) is 19.4. The number of rotatable bonds is 4. The van der Waals surface area contributed by atoms with Gasteiger partial charge in [0.2, 0.25) is 0 Å². The van der Waals surface area contributed by atoms with E-state index in [0.717, 1.165) is 5.69 Å². The quantitative estimate of drug-likeness (QED) is 0.161. The molecule has 0 saturated heterocycles.